The fourth-order valence-corrected chi connectivity index (χ4v) is 2.53. The number of nitrogens with two attached hydrogens (primary N) is 1. The number of nitrogens with zero attached hydrogens (tertiary/aromatic N) is 2. The molecule has 4 heteroatoms. The summed E-state index contributed by atoms with van der Waals surface area (Å²) in [6.45, 7) is 11.4. The number of nitrogen functional groups attached to an aromatic ring is 1. The molecule has 1 aromatic rings. The molecule has 2 rings (SSSR count). The van der Waals surface area contributed by atoms with Crippen molar-refractivity contribution >= 4 is 11.6 Å². The maximum atomic E-state index is 12.5. The first-order valence-electron chi connectivity index (χ1n) is 7.73. The Hall–Kier alpha value is -1.55. The zero-order valence-electron chi connectivity index (χ0n) is 13.4. The van der Waals surface area contributed by atoms with Crippen LogP contribution >= 0.6 is 0 Å². The van der Waals surface area contributed by atoms with Crippen LogP contribution in [0.15, 0.2) is 24.3 Å². The van der Waals surface area contributed by atoms with E-state index >= 15 is 0 Å². The van der Waals surface area contributed by atoms with E-state index in [2.05, 4.69) is 25.7 Å². The molecule has 1 heterocycles. The molecule has 1 amide bonds. The Morgan fingerprint density at radius 1 is 1.14 bits per heavy atom. The molecule has 1 aliphatic heterocycles. The van der Waals surface area contributed by atoms with Crippen LogP contribution in [0.3, 0.4) is 0 Å². The van der Waals surface area contributed by atoms with E-state index in [-0.39, 0.29) is 5.91 Å². The molecule has 116 valence electrons. The highest BCUT2D eigenvalue weighted by molar-refractivity contribution is 5.99. The van der Waals surface area contributed by atoms with Crippen molar-refractivity contribution < 1.29 is 4.79 Å². The first-order chi connectivity index (χ1) is 9.87. The molecule has 2 N–H and O–H groups in total. The Labute approximate surface area is 127 Å². The van der Waals surface area contributed by atoms with Crippen molar-refractivity contribution in [2.24, 2.45) is 5.41 Å². The number of hydrogen-bond acceptors (Lipinski definition) is 3. The normalized spacial score (nSPS) is 17.0. The van der Waals surface area contributed by atoms with Crippen molar-refractivity contribution in [3.63, 3.8) is 0 Å². The van der Waals surface area contributed by atoms with Crippen LogP contribution in [-0.2, 0) is 0 Å². The van der Waals surface area contributed by atoms with E-state index in [0.29, 0.717) is 16.7 Å². The second-order valence-corrected chi connectivity index (χ2v) is 7.03. The fourth-order valence-electron chi connectivity index (χ4n) is 2.53. The zero-order chi connectivity index (χ0) is 15.5. The number of rotatable bonds is 3. The lowest BCUT2D eigenvalue weighted by atomic mass is 9.92. The maximum absolute atomic E-state index is 12.5. The van der Waals surface area contributed by atoms with Gasteiger partial charge in [-0.2, -0.15) is 0 Å². The molecule has 0 bridgehead atoms. The third-order valence-electron chi connectivity index (χ3n) is 4.03. The van der Waals surface area contributed by atoms with Crippen LogP contribution < -0.4 is 5.73 Å². The molecule has 21 heavy (non-hydrogen) atoms. The van der Waals surface area contributed by atoms with Crippen LogP contribution in [0, 0.1) is 5.41 Å². The van der Waals surface area contributed by atoms with Crippen LogP contribution in [-0.4, -0.2) is 48.4 Å². The number of amides is 1. The van der Waals surface area contributed by atoms with Gasteiger partial charge >= 0.3 is 0 Å². The molecule has 0 aliphatic carbocycles. The summed E-state index contributed by atoms with van der Waals surface area (Å²) in [6, 6.07) is 7.32. The van der Waals surface area contributed by atoms with Gasteiger partial charge < -0.3 is 10.6 Å². The molecular formula is C17H27N3O. The van der Waals surface area contributed by atoms with E-state index in [9.17, 15) is 4.79 Å². The maximum Gasteiger partial charge on any atom is 0.256 e. The minimum absolute atomic E-state index is 0.0589. The van der Waals surface area contributed by atoms with Gasteiger partial charge in [0.15, 0.2) is 0 Å². The number of anilines is 1. The predicted molar refractivity (Wildman–Crippen MR) is 87.3 cm³/mol. The Balaban J connectivity index is 1.87. The Morgan fingerprint density at radius 3 is 2.33 bits per heavy atom. The Kier molecular flexibility index (Phi) is 4.88. The summed E-state index contributed by atoms with van der Waals surface area (Å²) in [5.74, 6) is 0.0589. The highest BCUT2D eigenvalue weighted by Crippen LogP contribution is 2.20. The van der Waals surface area contributed by atoms with E-state index in [1.807, 2.05) is 23.1 Å². The molecule has 1 fully saturated rings. The Bertz CT molecular complexity index is 485. The number of para-hydroxylation sites is 1. The van der Waals surface area contributed by atoms with Crippen LogP contribution in [0.25, 0.3) is 0 Å². The second-order valence-electron chi connectivity index (χ2n) is 7.03. The van der Waals surface area contributed by atoms with Crippen molar-refractivity contribution in [1.29, 1.82) is 0 Å². The molecule has 1 aliphatic rings. The number of carbonyl (C=O) groups is 1. The lowest BCUT2D eigenvalue weighted by Gasteiger charge is -2.36. The summed E-state index contributed by atoms with van der Waals surface area (Å²) in [7, 11) is 0. The topological polar surface area (TPSA) is 49.6 Å². The van der Waals surface area contributed by atoms with Gasteiger partial charge in [-0.3, -0.25) is 9.69 Å². The molecule has 0 spiro atoms. The van der Waals surface area contributed by atoms with Gasteiger partial charge in [0.25, 0.3) is 5.91 Å². The number of benzene rings is 1. The van der Waals surface area contributed by atoms with Gasteiger partial charge in [-0.05, 0) is 30.5 Å². The molecule has 0 radical (unpaired) electrons. The number of hydrogen-bond donors (Lipinski definition) is 1. The quantitative estimate of drug-likeness (QED) is 0.870. The average molecular weight is 289 g/mol. The van der Waals surface area contributed by atoms with Gasteiger partial charge in [-0.25, -0.2) is 0 Å². The van der Waals surface area contributed by atoms with Crippen molar-refractivity contribution in [2.75, 3.05) is 38.5 Å². The predicted octanol–water partition coefficient (Wildman–Crippen LogP) is 2.46. The van der Waals surface area contributed by atoms with Gasteiger partial charge in [0.1, 0.15) is 0 Å². The minimum Gasteiger partial charge on any atom is -0.398 e. The van der Waals surface area contributed by atoms with Crippen LogP contribution in [0.1, 0.15) is 37.6 Å². The third kappa shape index (κ3) is 4.46. The van der Waals surface area contributed by atoms with Crippen LogP contribution in [0.5, 0.6) is 0 Å². The second kappa shape index (κ2) is 6.48. The zero-order valence-corrected chi connectivity index (χ0v) is 13.4. The van der Waals surface area contributed by atoms with Crippen LogP contribution in [0.2, 0.25) is 0 Å². The molecule has 0 unspecified atom stereocenters. The number of carbonyl (C=O) groups excluding carboxylic acids is 1. The van der Waals surface area contributed by atoms with Crippen LogP contribution in [0.4, 0.5) is 5.69 Å². The first kappa shape index (κ1) is 15.8. The summed E-state index contributed by atoms with van der Waals surface area (Å²) in [5.41, 5.74) is 7.45. The van der Waals surface area contributed by atoms with Crippen molar-refractivity contribution in [2.45, 2.75) is 27.2 Å². The van der Waals surface area contributed by atoms with E-state index in [1.54, 1.807) is 6.07 Å². The standard InChI is InChI=1S/C17H27N3O/c1-17(2,3)8-9-19-10-12-20(13-11-19)16(21)14-6-4-5-7-15(14)18/h4-7H,8-13,18H2,1-3H3. The lowest BCUT2D eigenvalue weighted by Crippen LogP contribution is -2.49. The molecule has 4 nitrogen and oxygen atoms in total. The molecular weight excluding hydrogens is 262 g/mol. The lowest BCUT2D eigenvalue weighted by molar-refractivity contribution is 0.0624. The molecule has 1 aromatic carbocycles. The van der Waals surface area contributed by atoms with E-state index in [1.165, 1.54) is 6.42 Å². The highest BCUT2D eigenvalue weighted by Gasteiger charge is 2.23. The van der Waals surface area contributed by atoms with Gasteiger partial charge in [-0.1, -0.05) is 32.9 Å². The van der Waals surface area contributed by atoms with Gasteiger partial charge in [0.05, 0.1) is 5.56 Å². The summed E-state index contributed by atoms with van der Waals surface area (Å²) in [6.07, 6.45) is 1.19. The van der Waals surface area contributed by atoms with Gasteiger partial charge in [0, 0.05) is 31.9 Å². The van der Waals surface area contributed by atoms with E-state index in [4.69, 9.17) is 5.73 Å². The van der Waals surface area contributed by atoms with Crippen molar-refractivity contribution in [3.05, 3.63) is 29.8 Å². The average Bonchev–Trinajstić information content (AvgIpc) is 2.45. The molecule has 0 aromatic heterocycles. The smallest absolute Gasteiger partial charge is 0.256 e. The van der Waals surface area contributed by atoms with E-state index in [0.717, 1.165) is 32.7 Å². The van der Waals surface area contributed by atoms with Crippen molar-refractivity contribution in [3.8, 4) is 0 Å². The fraction of sp³-hybridized carbons (Fsp3) is 0.588. The van der Waals surface area contributed by atoms with Gasteiger partial charge in [0.2, 0.25) is 0 Å². The first-order valence-corrected chi connectivity index (χ1v) is 7.73. The Morgan fingerprint density at radius 2 is 1.76 bits per heavy atom. The summed E-state index contributed by atoms with van der Waals surface area (Å²) >= 11 is 0. The molecule has 1 saturated heterocycles. The molecule has 0 atom stereocenters. The largest absolute Gasteiger partial charge is 0.398 e. The highest BCUT2D eigenvalue weighted by atomic mass is 16.2. The van der Waals surface area contributed by atoms with E-state index < -0.39 is 0 Å². The summed E-state index contributed by atoms with van der Waals surface area (Å²) in [5, 5.41) is 0. The summed E-state index contributed by atoms with van der Waals surface area (Å²) < 4.78 is 0. The SMILES string of the molecule is CC(C)(C)CCN1CCN(C(=O)c2ccccc2N)CC1. The number of piperazine rings is 1. The summed E-state index contributed by atoms with van der Waals surface area (Å²) in [4.78, 5) is 16.8. The molecule has 0 saturated carbocycles. The monoisotopic (exact) mass is 289 g/mol. The minimum atomic E-state index is 0.0589. The van der Waals surface area contributed by atoms with Crippen molar-refractivity contribution in [1.82, 2.24) is 9.80 Å². The third-order valence-corrected chi connectivity index (χ3v) is 4.03. The van der Waals surface area contributed by atoms with Gasteiger partial charge in [-0.15, -0.1) is 0 Å².